The predicted molar refractivity (Wildman–Crippen MR) is 155 cm³/mol. The quantitative estimate of drug-likeness (QED) is 0.228. The molecule has 0 aliphatic heterocycles. The van der Waals surface area contributed by atoms with Crippen molar-refractivity contribution < 1.29 is 18.0 Å². The van der Waals surface area contributed by atoms with Crippen molar-refractivity contribution in [3.05, 3.63) is 124 Å². The van der Waals surface area contributed by atoms with E-state index < -0.39 is 15.9 Å². The standard InChI is InChI=1S/C30H28ClN3O4S/c1-19-13-14-20(2)27(17-19)34-39(37,38)28-18-23(15-16-25(28)31)29(35)33-26-12-8-7-11-24(26)30(36)32-21(3)22-9-5-4-6-10-22/h4-18,21,34H,1-3H3,(H,32,36)(H,33,35)/t21-/m0/s1. The van der Waals surface area contributed by atoms with Gasteiger partial charge in [0.05, 0.1) is 28.0 Å². The van der Waals surface area contributed by atoms with E-state index in [0.29, 0.717) is 5.69 Å². The van der Waals surface area contributed by atoms with E-state index in [1.165, 1.54) is 18.2 Å². The van der Waals surface area contributed by atoms with Gasteiger partial charge in [0.15, 0.2) is 0 Å². The Kier molecular flexibility index (Phi) is 8.38. The molecule has 0 radical (unpaired) electrons. The van der Waals surface area contributed by atoms with Crippen molar-refractivity contribution in [2.45, 2.75) is 31.7 Å². The van der Waals surface area contributed by atoms with E-state index in [4.69, 9.17) is 11.6 Å². The van der Waals surface area contributed by atoms with E-state index in [1.807, 2.05) is 56.3 Å². The summed E-state index contributed by atoms with van der Waals surface area (Å²) < 4.78 is 29.0. The lowest BCUT2D eigenvalue weighted by Crippen LogP contribution is -2.28. The van der Waals surface area contributed by atoms with Gasteiger partial charge >= 0.3 is 0 Å². The summed E-state index contributed by atoms with van der Waals surface area (Å²) in [4.78, 5) is 26.0. The molecule has 1 atom stereocenters. The van der Waals surface area contributed by atoms with Crippen LogP contribution in [0, 0.1) is 13.8 Å². The van der Waals surface area contributed by atoms with E-state index in [2.05, 4.69) is 15.4 Å². The first kappa shape index (κ1) is 27.9. The molecule has 9 heteroatoms. The topological polar surface area (TPSA) is 104 Å². The molecule has 0 heterocycles. The first-order valence-corrected chi connectivity index (χ1v) is 14.1. The number of para-hydroxylation sites is 1. The molecule has 2 amide bonds. The van der Waals surface area contributed by atoms with Crippen molar-refractivity contribution in [3.8, 4) is 0 Å². The minimum absolute atomic E-state index is 0.0287. The van der Waals surface area contributed by atoms with Crippen LogP contribution in [0.4, 0.5) is 11.4 Å². The molecule has 0 saturated carbocycles. The zero-order chi connectivity index (χ0) is 28.2. The molecule has 0 spiro atoms. The van der Waals surface area contributed by atoms with Crippen LogP contribution in [-0.2, 0) is 10.0 Å². The van der Waals surface area contributed by atoms with Crippen LogP contribution in [0.5, 0.6) is 0 Å². The highest BCUT2D eigenvalue weighted by Gasteiger charge is 2.22. The number of carbonyl (C=O) groups excluding carboxylic acids is 2. The minimum Gasteiger partial charge on any atom is -0.345 e. The van der Waals surface area contributed by atoms with E-state index in [-0.39, 0.29) is 38.7 Å². The van der Waals surface area contributed by atoms with Gasteiger partial charge in [-0.05, 0) is 73.9 Å². The number of rotatable bonds is 8. The largest absolute Gasteiger partial charge is 0.345 e. The molecule has 0 fully saturated rings. The Morgan fingerprint density at radius 3 is 2.23 bits per heavy atom. The number of hydrogen-bond acceptors (Lipinski definition) is 4. The van der Waals surface area contributed by atoms with Crippen molar-refractivity contribution >= 4 is 44.8 Å². The Hall–Kier alpha value is -4.14. The molecule has 0 aliphatic rings. The molecule has 4 aromatic rings. The zero-order valence-electron chi connectivity index (χ0n) is 21.7. The van der Waals surface area contributed by atoms with Crippen molar-refractivity contribution in [2.75, 3.05) is 10.0 Å². The van der Waals surface area contributed by atoms with Crippen LogP contribution >= 0.6 is 11.6 Å². The summed E-state index contributed by atoms with van der Waals surface area (Å²) in [6.45, 7) is 5.52. The Morgan fingerprint density at radius 2 is 1.49 bits per heavy atom. The summed E-state index contributed by atoms with van der Waals surface area (Å²) in [6.07, 6.45) is 0. The first-order chi connectivity index (χ1) is 18.5. The van der Waals surface area contributed by atoms with Gasteiger partial charge in [-0.25, -0.2) is 8.42 Å². The second-order valence-corrected chi connectivity index (χ2v) is 11.2. The number of halogens is 1. The fraction of sp³-hybridized carbons (Fsp3) is 0.133. The third-order valence-electron chi connectivity index (χ3n) is 6.19. The van der Waals surface area contributed by atoms with Gasteiger partial charge in [-0.1, -0.05) is 66.2 Å². The van der Waals surface area contributed by atoms with Crippen LogP contribution in [-0.4, -0.2) is 20.2 Å². The van der Waals surface area contributed by atoms with Gasteiger partial charge in [0.25, 0.3) is 21.8 Å². The third-order valence-corrected chi connectivity index (χ3v) is 8.03. The average molecular weight is 562 g/mol. The van der Waals surface area contributed by atoms with Gasteiger partial charge < -0.3 is 10.6 Å². The predicted octanol–water partition coefficient (Wildman–Crippen LogP) is 6.50. The molecule has 4 aromatic carbocycles. The fourth-order valence-corrected chi connectivity index (χ4v) is 5.63. The van der Waals surface area contributed by atoms with Gasteiger partial charge in [0, 0.05) is 5.56 Å². The molecule has 0 aliphatic carbocycles. The molecule has 0 saturated heterocycles. The highest BCUT2D eigenvalue weighted by molar-refractivity contribution is 7.92. The van der Waals surface area contributed by atoms with E-state index in [1.54, 1.807) is 37.3 Å². The second-order valence-electron chi connectivity index (χ2n) is 9.17. The van der Waals surface area contributed by atoms with Crippen LogP contribution in [0.2, 0.25) is 5.02 Å². The second kappa shape index (κ2) is 11.7. The van der Waals surface area contributed by atoms with Crippen molar-refractivity contribution in [1.29, 1.82) is 0 Å². The molecule has 3 N–H and O–H groups in total. The Balaban J connectivity index is 1.56. The number of aryl methyl sites for hydroxylation is 2. The van der Waals surface area contributed by atoms with Gasteiger partial charge in [-0.3, -0.25) is 14.3 Å². The summed E-state index contributed by atoms with van der Waals surface area (Å²) in [7, 11) is -4.10. The molecule has 7 nitrogen and oxygen atoms in total. The Bertz CT molecular complexity index is 1640. The number of benzene rings is 4. The lowest BCUT2D eigenvalue weighted by Gasteiger charge is -2.17. The highest BCUT2D eigenvalue weighted by atomic mass is 35.5. The molecular formula is C30H28ClN3O4S. The SMILES string of the molecule is Cc1ccc(C)c(NS(=O)(=O)c2cc(C(=O)Nc3ccccc3C(=O)N[C@@H](C)c3ccccc3)ccc2Cl)c1. The van der Waals surface area contributed by atoms with E-state index in [9.17, 15) is 18.0 Å². The molecule has 200 valence electrons. The Labute approximate surface area is 233 Å². The number of hydrogen-bond donors (Lipinski definition) is 3. The maximum Gasteiger partial charge on any atom is 0.263 e. The normalized spacial score (nSPS) is 11.9. The smallest absolute Gasteiger partial charge is 0.263 e. The van der Waals surface area contributed by atoms with E-state index >= 15 is 0 Å². The summed E-state index contributed by atoms with van der Waals surface area (Å²) >= 11 is 6.24. The third kappa shape index (κ3) is 6.66. The number of anilines is 2. The van der Waals surface area contributed by atoms with Crippen LogP contribution in [0.25, 0.3) is 0 Å². The average Bonchev–Trinajstić information content (AvgIpc) is 2.91. The summed E-state index contributed by atoms with van der Waals surface area (Å²) in [5.74, 6) is -0.953. The minimum atomic E-state index is -4.10. The lowest BCUT2D eigenvalue weighted by molar-refractivity contribution is 0.0940. The summed E-state index contributed by atoms with van der Waals surface area (Å²) in [5.41, 5.74) is 3.61. The van der Waals surface area contributed by atoms with Crippen molar-refractivity contribution in [1.82, 2.24) is 5.32 Å². The summed E-state index contributed by atoms with van der Waals surface area (Å²) in [5, 5.41) is 5.64. The first-order valence-electron chi connectivity index (χ1n) is 12.2. The van der Waals surface area contributed by atoms with Gasteiger partial charge in [-0.2, -0.15) is 0 Å². The lowest BCUT2D eigenvalue weighted by atomic mass is 10.1. The molecule has 4 rings (SSSR count). The Morgan fingerprint density at radius 1 is 0.795 bits per heavy atom. The van der Waals surface area contributed by atoms with E-state index in [0.717, 1.165) is 16.7 Å². The van der Waals surface area contributed by atoms with Crippen LogP contribution in [0.1, 0.15) is 50.4 Å². The van der Waals surface area contributed by atoms with Crippen LogP contribution in [0.3, 0.4) is 0 Å². The fourth-order valence-electron chi connectivity index (χ4n) is 3.98. The van der Waals surface area contributed by atoms with Crippen molar-refractivity contribution in [3.63, 3.8) is 0 Å². The maximum absolute atomic E-state index is 13.2. The number of nitrogens with one attached hydrogen (secondary N) is 3. The highest BCUT2D eigenvalue weighted by Crippen LogP contribution is 2.27. The molecule has 0 aromatic heterocycles. The van der Waals surface area contributed by atoms with Gasteiger partial charge in [0.2, 0.25) is 0 Å². The number of sulfonamides is 1. The molecule has 0 bridgehead atoms. The molecule has 0 unspecified atom stereocenters. The van der Waals surface area contributed by atoms with Crippen LogP contribution < -0.4 is 15.4 Å². The van der Waals surface area contributed by atoms with Gasteiger partial charge in [0.1, 0.15) is 4.90 Å². The van der Waals surface area contributed by atoms with Gasteiger partial charge in [-0.15, -0.1) is 0 Å². The zero-order valence-corrected chi connectivity index (χ0v) is 23.2. The van der Waals surface area contributed by atoms with Crippen molar-refractivity contribution in [2.24, 2.45) is 0 Å². The monoisotopic (exact) mass is 561 g/mol. The van der Waals surface area contributed by atoms with Crippen LogP contribution in [0.15, 0.2) is 95.9 Å². The number of carbonyl (C=O) groups is 2. The molecular weight excluding hydrogens is 534 g/mol. The summed E-state index contributed by atoms with van der Waals surface area (Å²) in [6, 6.07) is 25.3. The number of amides is 2. The molecule has 39 heavy (non-hydrogen) atoms. The maximum atomic E-state index is 13.2.